The van der Waals surface area contributed by atoms with Crippen LogP contribution < -0.4 is 0 Å². The molecule has 2 aromatic rings. The Kier molecular flexibility index (Phi) is 3.89. The molecule has 0 fully saturated rings. The van der Waals surface area contributed by atoms with E-state index in [1.165, 1.54) is 27.1 Å². The monoisotopic (exact) mass is 280 g/mol. The van der Waals surface area contributed by atoms with E-state index in [0.29, 0.717) is 0 Å². The number of hydrogen-bond donors (Lipinski definition) is 0. The topological polar surface area (TPSA) is 36.7 Å². The largest absolute Gasteiger partial charge is 0.271 e. The second-order valence-electron chi connectivity index (χ2n) is 5.37. The van der Waals surface area contributed by atoms with Crippen molar-refractivity contribution in [3.63, 3.8) is 0 Å². The first-order valence-corrected chi connectivity index (χ1v) is 8.10. The number of fused-ring (bicyclic) bond motifs is 1. The van der Waals surface area contributed by atoms with Crippen molar-refractivity contribution < 1.29 is 0 Å². The van der Waals surface area contributed by atoms with E-state index in [2.05, 4.69) is 36.1 Å². The van der Waals surface area contributed by atoms with E-state index in [1.54, 1.807) is 0 Å². The smallest absolute Gasteiger partial charge is 0.255 e. The summed E-state index contributed by atoms with van der Waals surface area (Å²) in [7, 11) is 0. The van der Waals surface area contributed by atoms with E-state index in [-0.39, 0.29) is 6.71 Å². The van der Waals surface area contributed by atoms with E-state index in [0.717, 1.165) is 31.0 Å². The van der Waals surface area contributed by atoms with Gasteiger partial charge in [0.05, 0.1) is 10.2 Å². The number of aromatic nitrogens is 1. The molecule has 0 radical (unpaired) electrons. The average molecular weight is 280 g/mol. The molecule has 20 heavy (non-hydrogen) atoms. The fraction of sp³-hybridized carbons (Fsp3) is 0.375. The van der Waals surface area contributed by atoms with E-state index in [4.69, 9.17) is 5.26 Å². The predicted molar refractivity (Wildman–Crippen MR) is 87.2 cm³/mol. The molecule has 0 saturated carbocycles. The maximum Gasteiger partial charge on any atom is 0.271 e. The standard InChI is InChI=1S/C16H17BN2S/c1-2-3-13-6-9-19-14-10-15(20-16(13)14)12-4-7-17(11-18)8-5-12/h4,6,9-10H,2-3,5,7-8H2,1H3. The lowest BCUT2D eigenvalue weighted by Gasteiger charge is -2.12. The SMILES string of the molecule is CCCc1ccnc2cc(C3=CCB(C#N)CC3)sc12. The molecule has 3 heterocycles. The van der Waals surface area contributed by atoms with Gasteiger partial charge >= 0.3 is 0 Å². The molecule has 0 bridgehead atoms. The van der Waals surface area contributed by atoms with Gasteiger partial charge in [0.2, 0.25) is 0 Å². The van der Waals surface area contributed by atoms with Gasteiger partial charge in [-0.1, -0.05) is 25.7 Å². The zero-order chi connectivity index (χ0) is 13.9. The summed E-state index contributed by atoms with van der Waals surface area (Å²) in [6, 6.07) is 4.37. The van der Waals surface area contributed by atoms with Crippen molar-refractivity contribution in [2.45, 2.75) is 38.8 Å². The summed E-state index contributed by atoms with van der Waals surface area (Å²) in [5.74, 6) is 2.37. The lowest BCUT2D eigenvalue weighted by atomic mass is 9.44. The van der Waals surface area contributed by atoms with E-state index >= 15 is 0 Å². The zero-order valence-corrected chi connectivity index (χ0v) is 12.5. The second-order valence-corrected chi connectivity index (χ2v) is 6.43. The van der Waals surface area contributed by atoms with Gasteiger partial charge in [-0.05, 0) is 42.4 Å². The molecular weight excluding hydrogens is 263 g/mol. The highest BCUT2D eigenvalue weighted by Crippen LogP contribution is 2.36. The predicted octanol–water partition coefficient (Wildman–Crippen LogP) is 4.59. The Morgan fingerprint density at radius 1 is 1.50 bits per heavy atom. The van der Waals surface area contributed by atoms with Gasteiger partial charge in [-0.25, -0.2) is 5.26 Å². The molecule has 0 spiro atoms. The van der Waals surface area contributed by atoms with Gasteiger partial charge in [-0.15, -0.1) is 11.3 Å². The molecule has 4 heteroatoms. The first-order chi connectivity index (χ1) is 9.81. The van der Waals surface area contributed by atoms with Crippen molar-refractivity contribution in [2.24, 2.45) is 0 Å². The van der Waals surface area contributed by atoms with E-state index < -0.39 is 0 Å². The van der Waals surface area contributed by atoms with Crippen molar-refractivity contribution in [3.05, 3.63) is 34.8 Å². The highest BCUT2D eigenvalue weighted by atomic mass is 32.1. The maximum atomic E-state index is 8.97. The summed E-state index contributed by atoms with van der Waals surface area (Å²) in [6.07, 6.45) is 9.37. The lowest BCUT2D eigenvalue weighted by Crippen LogP contribution is -2.11. The molecule has 0 N–H and O–H groups in total. The highest BCUT2D eigenvalue weighted by Gasteiger charge is 2.20. The minimum atomic E-state index is 0.210. The van der Waals surface area contributed by atoms with Crippen LogP contribution in [0.25, 0.3) is 15.8 Å². The van der Waals surface area contributed by atoms with E-state index in [9.17, 15) is 0 Å². The molecule has 3 rings (SSSR count). The highest BCUT2D eigenvalue weighted by molar-refractivity contribution is 7.20. The average Bonchev–Trinajstić information content (AvgIpc) is 2.93. The van der Waals surface area contributed by atoms with Crippen molar-refractivity contribution in [2.75, 3.05) is 0 Å². The third-order valence-corrected chi connectivity index (χ3v) is 5.20. The summed E-state index contributed by atoms with van der Waals surface area (Å²) in [6.45, 7) is 2.42. The number of hydrogen-bond acceptors (Lipinski definition) is 3. The number of pyridine rings is 1. The Bertz CT molecular complexity index is 696. The number of allylic oxidation sites excluding steroid dienone is 2. The van der Waals surface area contributed by atoms with E-state index in [1.807, 2.05) is 17.5 Å². The molecule has 0 amide bonds. The van der Waals surface area contributed by atoms with Crippen LogP contribution >= 0.6 is 11.3 Å². The maximum absolute atomic E-state index is 8.97. The van der Waals surface area contributed by atoms with Crippen LogP contribution in [0, 0.1) is 11.2 Å². The van der Waals surface area contributed by atoms with Crippen LogP contribution in [-0.2, 0) is 6.42 Å². The molecule has 1 aliphatic heterocycles. The summed E-state index contributed by atoms with van der Waals surface area (Å²) >= 11 is 1.87. The third-order valence-electron chi connectivity index (χ3n) is 3.92. The van der Waals surface area contributed by atoms with Gasteiger partial charge in [0, 0.05) is 17.0 Å². The third kappa shape index (κ3) is 2.51. The zero-order valence-electron chi connectivity index (χ0n) is 11.7. The molecule has 0 saturated heterocycles. The molecule has 0 atom stereocenters. The Balaban J connectivity index is 1.96. The van der Waals surface area contributed by atoms with Gasteiger partial charge in [0.25, 0.3) is 6.71 Å². The molecule has 2 nitrogen and oxygen atoms in total. The fourth-order valence-electron chi connectivity index (χ4n) is 2.79. The summed E-state index contributed by atoms with van der Waals surface area (Å²) in [5, 5.41) is 8.97. The van der Waals surface area contributed by atoms with Crippen LogP contribution in [0.2, 0.25) is 12.6 Å². The summed E-state index contributed by atoms with van der Waals surface area (Å²) < 4.78 is 1.34. The van der Waals surface area contributed by atoms with Gasteiger partial charge in [0.1, 0.15) is 0 Å². The quantitative estimate of drug-likeness (QED) is 0.771. The molecule has 0 unspecified atom stereocenters. The second kappa shape index (κ2) is 5.81. The minimum absolute atomic E-state index is 0.210. The van der Waals surface area contributed by atoms with Crippen LogP contribution in [-0.4, -0.2) is 11.7 Å². The first-order valence-electron chi connectivity index (χ1n) is 7.28. The number of aryl methyl sites for hydroxylation is 1. The molecular formula is C16H17BN2S. The Hall–Kier alpha value is -1.60. The molecule has 0 aromatic carbocycles. The molecule has 100 valence electrons. The van der Waals surface area contributed by atoms with Crippen molar-refractivity contribution >= 4 is 33.8 Å². The molecule has 1 aliphatic rings. The van der Waals surface area contributed by atoms with Crippen LogP contribution in [0.15, 0.2) is 24.4 Å². The first kappa shape index (κ1) is 13.4. The Labute approximate surface area is 124 Å². The Morgan fingerprint density at radius 2 is 2.40 bits per heavy atom. The van der Waals surface area contributed by atoms with Gasteiger partial charge in [-0.3, -0.25) is 4.98 Å². The number of nitrogens with zero attached hydrogens (tertiary/aromatic N) is 2. The Morgan fingerprint density at radius 3 is 3.10 bits per heavy atom. The minimum Gasteiger partial charge on any atom is -0.255 e. The molecule has 2 aromatic heterocycles. The van der Waals surface area contributed by atoms with Crippen LogP contribution in [0.1, 0.15) is 30.2 Å². The summed E-state index contributed by atoms with van der Waals surface area (Å²) in [4.78, 5) is 5.84. The number of nitriles is 1. The number of rotatable bonds is 3. The molecule has 0 aliphatic carbocycles. The van der Waals surface area contributed by atoms with Crippen LogP contribution in [0.3, 0.4) is 0 Å². The lowest BCUT2D eigenvalue weighted by molar-refractivity contribution is 0.929. The van der Waals surface area contributed by atoms with Gasteiger partial charge < -0.3 is 0 Å². The normalized spacial score (nSPS) is 15.2. The van der Waals surface area contributed by atoms with Gasteiger partial charge in [0.15, 0.2) is 0 Å². The van der Waals surface area contributed by atoms with Crippen molar-refractivity contribution in [1.82, 2.24) is 4.98 Å². The van der Waals surface area contributed by atoms with Gasteiger partial charge in [-0.2, -0.15) is 0 Å². The number of thiophene rings is 1. The van der Waals surface area contributed by atoms with Crippen molar-refractivity contribution in [1.29, 1.82) is 5.26 Å². The fourth-order valence-corrected chi connectivity index (χ4v) is 4.01. The van der Waals surface area contributed by atoms with Crippen molar-refractivity contribution in [3.8, 4) is 5.97 Å². The van der Waals surface area contributed by atoms with Crippen LogP contribution in [0.4, 0.5) is 0 Å². The van der Waals surface area contributed by atoms with Crippen LogP contribution in [0.5, 0.6) is 0 Å². The summed E-state index contributed by atoms with van der Waals surface area (Å²) in [5.41, 5.74) is 3.95.